The van der Waals surface area contributed by atoms with Crippen LogP contribution in [0.4, 0.5) is 5.69 Å². The normalized spacial score (nSPS) is 27.8. The number of halogens is 2. The second-order valence-electron chi connectivity index (χ2n) is 4.86. The lowest BCUT2D eigenvalue weighted by molar-refractivity contribution is 0.553. The molecular weight excluding hydrogens is 241 g/mol. The number of piperidine rings is 1. The minimum atomic E-state index is 0.503. The summed E-state index contributed by atoms with van der Waals surface area (Å²) in [6.45, 7) is 1.19. The average molecular weight is 256 g/mol. The predicted octanol–water partition coefficient (Wildman–Crippen LogP) is 4.07. The van der Waals surface area contributed by atoms with Crippen LogP contribution in [0.2, 0.25) is 5.02 Å². The smallest absolute Gasteiger partial charge is 0.0509 e. The lowest BCUT2D eigenvalue weighted by Crippen LogP contribution is -2.32. The molecule has 0 aromatic heterocycles. The third kappa shape index (κ3) is 1.61. The Morgan fingerprint density at radius 2 is 2.19 bits per heavy atom. The highest BCUT2D eigenvalue weighted by Crippen LogP contribution is 2.42. The van der Waals surface area contributed by atoms with Crippen molar-refractivity contribution < 1.29 is 0 Å². The molecule has 2 fully saturated rings. The van der Waals surface area contributed by atoms with Crippen LogP contribution >= 0.6 is 23.2 Å². The second-order valence-corrected chi connectivity index (χ2v) is 5.53. The summed E-state index contributed by atoms with van der Waals surface area (Å²) in [6, 6.07) is 6.84. The molecule has 1 aromatic carbocycles. The van der Waals surface area contributed by atoms with Crippen molar-refractivity contribution in [3.8, 4) is 0 Å². The standard InChI is InChI=1S/C13H15Cl2N/c14-7-11-12(15)2-1-3-13(11)16-8-9-4-5-10(16)6-9/h1-3,9-10H,4-8H2. The molecule has 0 radical (unpaired) electrons. The number of hydrogen-bond donors (Lipinski definition) is 0. The zero-order chi connectivity index (χ0) is 11.1. The molecule has 3 heteroatoms. The number of anilines is 1. The monoisotopic (exact) mass is 255 g/mol. The van der Waals surface area contributed by atoms with Gasteiger partial charge in [0.05, 0.1) is 5.88 Å². The van der Waals surface area contributed by atoms with Gasteiger partial charge in [-0.25, -0.2) is 0 Å². The minimum Gasteiger partial charge on any atom is -0.368 e. The molecule has 1 nitrogen and oxygen atoms in total. The number of alkyl halides is 1. The van der Waals surface area contributed by atoms with Crippen molar-refractivity contribution in [3.05, 3.63) is 28.8 Å². The van der Waals surface area contributed by atoms with E-state index >= 15 is 0 Å². The van der Waals surface area contributed by atoms with Crippen LogP contribution in [0.5, 0.6) is 0 Å². The third-order valence-corrected chi connectivity index (χ3v) is 4.57. The molecule has 2 atom stereocenters. The van der Waals surface area contributed by atoms with E-state index in [9.17, 15) is 0 Å². The van der Waals surface area contributed by atoms with Crippen LogP contribution in [0.3, 0.4) is 0 Å². The van der Waals surface area contributed by atoms with Gasteiger partial charge in [-0.15, -0.1) is 11.6 Å². The van der Waals surface area contributed by atoms with Crippen molar-refractivity contribution in [1.82, 2.24) is 0 Å². The summed E-state index contributed by atoms with van der Waals surface area (Å²) in [5.41, 5.74) is 2.35. The molecule has 1 aliphatic heterocycles. The molecule has 1 aliphatic carbocycles. The lowest BCUT2D eigenvalue weighted by Gasteiger charge is -2.31. The molecule has 2 bridgehead atoms. The molecule has 1 saturated carbocycles. The van der Waals surface area contributed by atoms with E-state index in [0.29, 0.717) is 5.88 Å². The quantitative estimate of drug-likeness (QED) is 0.721. The Morgan fingerprint density at radius 1 is 1.31 bits per heavy atom. The van der Waals surface area contributed by atoms with Crippen LogP contribution in [0, 0.1) is 5.92 Å². The Labute approximate surface area is 106 Å². The highest BCUT2D eigenvalue weighted by atomic mass is 35.5. The molecule has 2 aliphatic rings. The largest absolute Gasteiger partial charge is 0.368 e. The average Bonchev–Trinajstić information content (AvgIpc) is 2.90. The van der Waals surface area contributed by atoms with Crippen molar-refractivity contribution in [1.29, 1.82) is 0 Å². The Bertz CT molecular complexity index is 405. The van der Waals surface area contributed by atoms with Gasteiger partial charge in [0.1, 0.15) is 0 Å². The van der Waals surface area contributed by atoms with Crippen LogP contribution in [0.15, 0.2) is 18.2 Å². The minimum absolute atomic E-state index is 0.503. The highest BCUT2D eigenvalue weighted by Gasteiger charge is 2.38. The molecule has 1 heterocycles. The van der Waals surface area contributed by atoms with E-state index in [4.69, 9.17) is 23.2 Å². The van der Waals surface area contributed by atoms with Crippen molar-refractivity contribution in [3.63, 3.8) is 0 Å². The van der Waals surface area contributed by atoms with E-state index in [1.807, 2.05) is 12.1 Å². The van der Waals surface area contributed by atoms with Crippen molar-refractivity contribution in [2.75, 3.05) is 11.4 Å². The molecule has 0 N–H and O–H groups in total. The first-order chi connectivity index (χ1) is 7.79. The molecule has 16 heavy (non-hydrogen) atoms. The fourth-order valence-corrected chi connectivity index (χ4v) is 3.75. The van der Waals surface area contributed by atoms with Gasteiger partial charge in [0.2, 0.25) is 0 Å². The topological polar surface area (TPSA) is 3.24 Å². The summed E-state index contributed by atoms with van der Waals surface area (Å²) in [6.07, 6.45) is 4.09. The summed E-state index contributed by atoms with van der Waals surface area (Å²) in [5, 5.41) is 0.801. The van der Waals surface area contributed by atoms with E-state index in [0.717, 1.165) is 22.5 Å². The summed E-state index contributed by atoms with van der Waals surface area (Å²) >= 11 is 12.2. The van der Waals surface area contributed by atoms with Crippen LogP contribution in [-0.2, 0) is 5.88 Å². The van der Waals surface area contributed by atoms with Gasteiger partial charge in [0, 0.05) is 28.9 Å². The molecular formula is C13H15Cl2N. The Hall–Kier alpha value is -0.400. The molecule has 86 valence electrons. The van der Waals surface area contributed by atoms with Gasteiger partial charge < -0.3 is 4.90 Å². The first kappa shape index (κ1) is 10.7. The fraction of sp³-hybridized carbons (Fsp3) is 0.538. The van der Waals surface area contributed by atoms with Crippen LogP contribution in [-0.4, -0.2) is 12.6 Å². The summed E-state index contributed by atoms with van der Waals surface area (Å²) in [5.74, 6) is 1.40. The first-order valence-corrected chi connectivity index (χ1v) is 6.81. The SMILES string of the molecule is ClCc1c(Cl)cccc1N1CC2CCC1C2. The summed E-state index contributed by atoms with van der Waals surface area (Å²) in [7, 11) is 0. The van der Waals surface area contributed by atoms with Gasteiger partial charge in [-0.1, -0.05) is 17.7 Å². The zero-order valence-corrected chi connectivity index (χ0v) is 10.6. The van der Waals surface area contributed by atoms with E-state index in [-0.39, 0.29) is 0 Å². The Morgan fingerprint density at radius 3 is 2.81 bits per heavy atom. The fourth-order valence-electron chi connectivity index (χ4n) is 3.17. The molecule has 1 saturated heterocycles. The summed E-state index contributed by atoms with van der Waals surface area (Å²) < 4.78 is 0. The van der Waals surface area contributed by atoms with E-state index < -0.39 is 0 Å². The molecule has 3 rings (SSSR count). The van der Waals surface area contributed by atoms with Crippen LogP contribution in [0.1, 0.15) is 24.8 Å². The van der Waals surface area contributed by atoms with Crippen LogP contribution < -0.4 is 4.90 Å². The molecule has 0 spiro atoms. The van der Waals surface area contributed by atoms with Gasteiger partial charge in [-0.05, 0) is 37.3 Å². The van der Waals surface area contributed by atoms with Gasteiger partial charge in [0.25, 0.3) is 0 Å². The van der Waals surface area contributed by atoms with E-state index in [2.05, 4.69) is 11.0 Å². The number of rotatable bonds is 2. The van der Waals surface area contributed by atoms with Crippen molar-refractivity contribution in [2.45, 2.75) is 31.2 Å². The lowest BCUT2D eigenvalue weighted by atomic mass is 10.1. The predicted molar refractivity (Wildman–Crippen MR) is 69.5 cm³/mol. The maximum Gasteiger partial charge on any atom is 0.0509 e. The third-order valence-electron chi connectivity index (χ3n) is 3.95. The molecule has 0 amide bonds. The number of hydrogen-bond acceptors (Lipinski definition) is 1. The molecule has 2 unspecified atom stereocenters. The maximum atomic E-state index is 6.20. The Balaban J connectivity index is 1.97. The van der Waals surface area contributed by atoms with Crippen molar-refractivity contribution in [2.24, 2.45) is 5.92 Å². The number of benzene rings is 1. The van der Waals surface area contributed by atoms with Crippen LogP contribution in [0.25, 0.3) is 0 Å². The van der Waals surface area contributed by atoms with Gasteiger partial charge in [0.15, 0.2) is 0 Å². The molecule has 1 aromatic rings. The zero-order valence-electron chi connectivity index (χ0n) is 9.13. The first-order valence-electron chi connectivity index (χ1n) is 5.89. The second kappa shape index (κ2) is 4.12. The maximum absolute atomic E-state index is 6.20. The van der Waals surface area contributed by atoms with Gasteiger partial charge in [-0.3, -0.25) is 0 Å². The van der Waals surface area contributed by atoms with E-state index in [1.54, 1.807) is 0 Å². The van der Waals surface area contributed by atoms with E-state index in [1.165, 1.54) is 31.5 Å². The number of nitrogens with zero attached hydrogens (tertiary/aromatic N) is 1. The van der Waals surface area contributed by atoms with Crippen molar-refractivity contribution >= 4 is 28.9 Å². The Kier molecular flexibility index (Phi) is 2.76. The van der Waals surface area contributed by atoms with Gasteiger partial charge in [-0.2, -0.15) is 0 Å². The highest BCUT2D eigenvalue weighted by molar-refractivity contribution is 6.32. The summed E-state index contributed by atoms with van der Waals surface area (Å²) in [4.78, 5) is 2.51. The number of fused-ring (bicyclic) bond motifs is 2. The van der Waals surface area contributed by atoms with Gasteiger partial charge >= 0.3 is 0 Å².